The highest BCUT2D eigenvalue weighted by molar-refractivity contribution is 5.87. The van der Waals surface area contributed by atoms with Crippen molar-refractivity contribution in [3.8, 4) is 0 Å². The molecule has 3 N–H and O–H groups in total. The summed E-state index contributed by atoms with van der Waals surface area (Å²) < 4.78 is 0. The minimum Gasteiger partial charge on any atom is -0.348 e. The molecule has 0 aromatic heterocycles. The Kier molecular flexibility index (Phi) is 3.20. The van der Waals surface area contributed by atoms with Crippen LogP contribution in [0.5, 0.6) is 0 Å². The van der Waals surface area contributed by atoms with Crippen LogP contribution >= 0.6 is 0 Å². The Morgan fingerprint density at radius 2 is 2.06 bits per heavy atom. The van der Waals surface area contributed by atoms with Crippen molar-refractivity contribution in [1.29, 1.82) is 0 Å². The fourth-order valence-electron chi connectivity index (χ4n) is 2.28. The first kappa shape index (κ1) is 12.1. The van der Waals surface area contributed by atoms with Gasteiger partial charge in [0.25, 0.3) is 0 Å². The number of nitrogens with two attached hydrogens (primary N) is 1. The molecule has 1 aliphatic rings. The predicted molar refractivity (Wildman–Crippen MR) is 68.5 cm³/mol. The second-order valence-corrected chi connectivity index (χ2v) is 5.06. The first-order valence-electron chi connectivity index (χ1n) is 6.18. The lowest BCUT2D eigenvalue weighted by atomic mass is 9.77. The minimum atomic E-state index is -0.614. The molecule has 1 aromatic rings. The Morgan fingerprint density at radius 1 is 1.41 bits per heavy atom. The van der Waals surface area contributed by atoms with Crippen LogP contribution in [0.25, 0.3) is 0 Å². The zero-order valence-electron chi connectivity index (χ0n) is 10.5. The number of amides is 1. The second kappa shape index (κ2) is 4.49. The molecular weight excluding hydrogens is 212 g/mol. The first-order chi connectivity index (χ1) is 8.03. The summed E-state index contributed by atoms with van der Waals surface area (Å²) in [5.41, 5.74) is 7.74. The number of carbonyl (C=O) groups is 1. The number of hydrogen-bond donors (Lipinski definition) is 2. The normalized spacial score (nSPS) is 19.2. The molecule has 17 heavy (non-hydrogen) atoms. The van der Waals surface area contributed by atoms with Gasteiger partial charge in [-0.25, -0.2) is 0 Å². The van der Waals surface area contributed by atoms with Gasteiger partial charge in [0.05, 0.1) is 11.6 Å². The monoisotopic (exact) mass is 232 g/mol. The molecule has 0 bridgehead atoms. The summed E-state index contributed by atoms with van der Waals surface area (Å²) in [7, 11) is 0. The number of carbonyl (C=O) groups excluding carboxylic acids is 1. The molecule has 2 rings (SSSR count). The van der Waals surface area contributed by atoms with Gasteiger partial charge < -0.3 is 11.1 Å². The van der Waals surface area contributed by atoms with Gasteiger partial charge in [0.2, 0.25) is 5.91 Å². The molecule has 1 aromatic carbocycles. The fraction of sp³-hybridized carbons (Fsp3) is 0.500. The summed E-state index contributed by atoms with van der Waals surface area (Å²) in [5.74, 6) is -0.0143. The van der Waals surface area contributed by atoms with Crippen molar-refractivity contribution >= 4 is 5.91 Å². The SMILES string of the molecule is Cc1ccccc1C(C)NC(=O)C1(N)CCC1. The standard InChI is InChI=1S/C14H20N2O/c1-10-6-3-4-7-12(10)11(2)16-13(17)14(15)8-5-9-14/h3-4,6-7,11H,5,8-9,15H2,1-2H3,(H,16,17). The Bertz CT molecular complexity index is 424. The van der Waals surface area contributed by atoms with E-state index in [9.17, 15) is 4.79 Å². The summed E-state index contributed by atoms with van der Waals surface area (Å²) in [4.78, 5) is 12.0. The second-order valence-electron chi connectivity index (χ2n) is 5.06. The first-order valence-corrected chi connectivity index (χ1v) is 6.18. The molecule has 0 aliphatic heterocycles. The zero-order valence-corrected chi connectivity index (χ0v) is 10.5. The van der Waals surface area contributed by atoms with E-state index in [-0.39, 0.29) is 11.9 Å². The lowest BCUT2D eigenvalue weighted by molar-refractivity contribution is -0.129. The van der Waals surface area contributed by atoms with E-state index < -0.39 is 5.54 Å². The van der Waals surface area contributed by atoms with Crippen molar-refractivity contribution < 1.29 is 4.79 Å². The fourth-order valence-corrected chi connectivity index (χ4v) is 2.28. The smallest absolute Gasteiger partial charge is 0.240 e. The predicted octanol–water partition coefficient (Wildman–Crippen LogP) is 2.05. The van der Waals surface area contributed by atoms with E-state index in [1.165, 1.54) is 5.56 Å². The topological polar surface area (TPSA) is 55.1 Å². The molecule has 0 heterocycles. The molecule has 1 atom stereocenters. The Hall–Kier alpha value is -1.35. The van der Waals surface area contributed by atoms with Crippen molar-refractivity contribution in [2.45, 2.75) is 44.7 Å². The third-order valence-electron chi connectivity index (χ3n) is 3.70. The molecule has 0 saturated heterocycles. The highest BCUT2D eigenvalue weighted by Gasteiger charge is 2.40. The third kappa shape index (κ3) is 2.34. The van der Waals surface area contributed by atoms with E-state index in [1.54, 1.807) is 0 Å². The van der Waals surface area contributed by atoms with Crippen LogP contribution in [0.3, 0.4) is 0 Å². The van der Waals surface area contributed by atoms with Crippen LogP contribution in [0.15, 0.2) is 24.3 Å². The van der Waals surface area contributed by atoms with Crippen LogP contribution in [-0.4, -0.2) is 11.4 Å². The van der Waals surface area contributed by atoms with Gasteiger partial charge in [-0.1, -0.05) is 24.3 Å². The summed E-state index contributed by atoms with van der Waals surface area (Å²) in [6, 6.07) is 8.12. The maximum absolute atomic E-state index is 12.0. The molecular formula is C14H20N2O. The summed E-state index contributed by atoms with van der Waals surface area (Å²) in [5, 5.41) is 3.02. The van der Waals surface area contributed by atoms with E-state index in [4.69, 9.17) is 5.73 Å². The maximum Gasteiger partial charge on any atom is 0.240 e. The van der Waals surface area contributed by atoms with Crippen LogP contribution in [-0.2, 0) is 4.79 Å². The largest absolute Gasteiger partial charge is 0.348 e. The van der Waals surface area contributed by atoms with Crippen LogP contribution in [0.4, 0.5) is 0 Å². The van der Waals surface area contributed by atoms with Gasteiger partial charge in [0.15, 0.2) is 0 Å². The Labute approximate surface area is 102 Å². The summed E-state index contributed by atoms with van der Waals surface area (Å²) in [6.07, 6.45) is 2.67. The molecule has 1 fully saturated rings. The van der Waals surface area contributed by atoms with Gasteiger partial charge >= 0.3 is 0 Å². The van der Waals surface area contributed by atoms with Crippen LogP contribution in [0, 0.1) is 6.92 Å². The molecule has 1 unspecified atom stereocenters. The quantitative estimate of drug-likeness (QED) is 0.838. The van der Waals surface area contributed by atoms with E-state index >= 15 is 0 Å². The van der Waals surface area contributed by atoms with Crippen LogP contribution in [0.1, 0.15) is 43.4 Å². The van der Waals surface area contributed by atoms with E-state index in [0.717, 1.165) is 24.8 Å². The van der Waals surface area contributed by atoms with E-state index in [2.05, 4.69) is 18.3 Å². The molecule has 3 nitrogen and oxygen atoms in total. The van der Waals surface area contributed by atoms with Gasteiger partial charge in [-0.3, -0.25) is 4.79 Å². The Balaban J connectivity index is 2.04. The lowest BCUT2D eigenvalue weighted by Gasteiger charge is -2.37. The van der Waals surface area contributed by atoms with Gasteiger partial charge in [0, 0.05) is 0 Å². The van der Waals surface area contributed by atoms with Crippen LogP contribution in [0.2, 0.25) is 0 Å². The van der Waals surface area contributed by atoms with Crippen molar-refractivity contribution in [1.82, 2.24) is 5.32 Å². The minimum absolute atomic E-state index is 0.0143. The number of hydrogen-bond acceptors (Lipinski definition) is 2. The van der Waals surface area contributed by atoms with Gasteiger partial charge in [0.1, 0.15) is 0 Å². The molecule has 1 aliphatic carbocycles. The Morgan fingerprint density at radius 3 is 2.59 bits per heavy atom. The molecule has 1 amide bonds. The highest BCUT2D eigenvalue weighted by Crippen LogP contribution is 2.30. The zero-order chi connectivity index (χ0) is 12.5. The number of aryl methyl sites for hydroxylation is 1. The van der Waals surface area contributed by atoms with Crippen molar-refractivity contribution in [3.63, 3.8) is 0 Å². The summed E-state index contributed by atoms with van der Waals surface area (Å²) in [6.45, 7) is 4.06. The molecule has 92 valence electrons. The maximum atomic E-state index is 12.0. The van der Waals surface area contributed by atoms with Crippen molar-refractivity contribution in [2.24, 2.45) is 5.73 Å². The molecule has 0 spiro atoms. The molecule has 1 saturated carbocycles. The lowest BCUT2D eigenvalue weighted by Crippen LogP contribution is -2.58. The average Bonchev–Trinajstić information content (AvgIpc) is 2.26. The van der Waals surface area contributed by atoms with Gasteiger partial charge in [-0.15, -0.1) is 0 Å². The third-order valence-corrected chi connectivity index (χ3v) is 3.70. The highest BCUT2D eigenvalue weighted by atomic mass is 16.2. The number of benzene rings is 1. The molecule has 3 heteroatoms. The molecule has 0 radical (unpaired) electrons. The van der Waals surface area contributed by atoms with E-state index in [1.807, 2.05) is 25.1 Å². The summed E-state index contributed by atoms with van der Waals surface area (Å²) >= 11 is 0. The van der Waals surface area contributed by atoms with Crippen molar-refractivity contribution in [2.75, 3.05) is 0 Å². The van der Waals surface area contributed by atoms with E-state index in [0.29, 0.717) is 0 Å². The van der Waals surface area contributed by atoms with Crippen LogP contribution < -0.4 is 11.1 Å². The van der Waals surface area contributed by atoms with Gasteiger partial charge in [-0.05, 0) is 44.2 Å². The number of nitrogens with one attached hydrogen (secondary N) is 1. The number of rotatable bonds is 3. The van der Waals surface area contributed by atoms with Gasteiger partial charge in [-0.2, -0.15) is 0 Å². The van der Waals surface area contributed by atoms with Crippen molar-refractivity contribution in [3.05, 3.63) is 35.4 Å². The average molecular weight is 232 g/mol.